The summed E-state index contributed by atoms with van der Waals surface area (Å²) in [5, 5.41) is 10.1. The van der Waals surface area contributed by atoms with Crippen molar-refractivity contribution in [3.8, 4) is 0 Å². The van der Waals surface area contributed by atoms with E-state index < -0.39 is 12.1 Å². The van der Waals surface area contributed by atoms with Gasteiger partial charge >= 0.3 is 6.18 Å². The number of alkyl halides is 3. The Kier molecular flexibility index (Phi) is 5.67. The molecule has 0 bridgehead atoms. The Morgan fingerprint density at radius 1 is 1.10 bits per heavy atom. The van der Waals surface area contributed by atoms with Crippen LogP contribution in [-0.2, 0) is 0 Å². The summed E-state index contributed by atoms with van der Waals surface area (Å²) in [4.78, 5) is 0. The molecule has 4 rings (SSSR count). The van der Waals surface area contributed by atoms with Crippen molar-refractivity contribution < 1.29 is 18.3 Å². The number of hydrogen-bond acceptors (Lipinski definition) is 1. The van der Waals surface area contributed by atoms with E-state index in [2.05, 4.69) is 19.9 Å². The minimum Gasteiger partial charge on any atom is -0.393 e. The van der Waals surface area contributed by atoms with Crippen molar-refractivity contribution in [2.45, 2.75) is 104 Å². The molecule has 4 aliphatic carbocycles. The van der Waals surface area contributed by atoms with Crippen molar-refractivity contribution >= 4 is 0 Å². The van der Waals surface area contributed by atoms with Crippen LogP contribution < -0.4 is 0 Å². The second-order valence-electron chi connectivity index (χ2n) is 11.3. The van der Waals surface area contributed by atoms with E-state index in [1.54, 1.807) is 0 Å². The molecule has 0 aliphatic heterocycles. The van der Waals surface area contributed by atoms with Gasteiger partial charge in [0.25, 0.3) is 0 Å². The van der Waals surface area contributed by atoms with Crippen LogP contribution in [0.2, 0.25) is 0 Å². The van der Waals surface area contributed by atoms with Gasteiger partial charge in [0.15, 0.2) is 0 Å². The van der Waals surface area contributed by atoms with Crippen LogP contribution in [0.3, 0.4) is 0 Å². The molecule has 0 amide bonds. The van der Waals surface area contributed by atoms with Gasteiger partial charge in [-0.1, -0.05) is 38.8 Å². The van der Waals surface area contributed by atoms with Gasteiger partial charge in [-0.15, -0.1) is 0 Å². The topological polar surface area (TPSA) is 20.2 Å². The summed E-state index contributed by atoms with van der Waals surface area (Å²) in [5.41, 5.74) is 2.10. The fourth-order valence-electron chi connectivity index (χ4n) is 8.06. The van der Waals surface area contributed by atoms with E-state index in [0.29, 0.717) is 17.8 Å². The van der Waals surface area contributed by atoms with Gasteiger partial charge in [0, 0.05) is 0 Å². The van der Waals surface area contributed by atoms with Crippen LogP contribution in [0.5, 0.6) is 0 Å². The first kappa shape index (κ1) is 21.7. The van der Waals surface area contributed by atoms with Gasteiger partial charge in [0.1, 0.15) is 0 Å². The molecule has 1 N–H and O–H groups in total. The summed E-state index contributed by atoms with van der Waals surface area (Å²) in [7, 11) is 0. The van der Waals surface area contributed by atoms with Gasteiger partial charge in [0.2, 0.25) is 0 Å². The second kappa shape index (κ2) is 7.57. The number of fused-ring (bicyclic) bond motifs is 5. The van der Waals surface area contributed by atoms with Crippen LogP contribution in [0.15, 0.2) is 11.6 Å². The van der Waals surface area contributed by atoms with Crippen molar-refractivity contribution in [2.75, 3.05) is 0 Å². The molecule has 3 fully saturated rings. The Labute approximate surface area is 174 Å². The minimum atomic E-state index is -4.05. The van der Waals surface area contributed by atoms with Gasteiger partial charge in [-0.05, 0) is 98.7 Å². The van der Waals surface area contributed by atoms with Crippen molar-refractivity contribution in [1.82, 2.24) is 0 Å². The predicted molar refractivity (Wildman–Crippen MR) is 110 cm³/mol. The standard InChI is InChI=1S/C25H39F3O/c1-16(25(26,27)28)5-4-6-17-8-10-21-20-9-7-18-15-19(29)11-13-24(18,3)22(20)12-14-23(17,21)2/h7,16-17,19-22,29H,4-6,8-15H2,1-3H3/t16?,17-,19?,20?,21?,22?,23?,24?/m0/s1. The molecule has 3 saturated carbocycles. The van der Waals surface area contributed by atoms with E-state index in [9.17, 15) is 18.3 Å². The van der Waals surface area contributed by atoms with E-state index in [1.807, 2.05) is 0 Å². The molecule has 4 aliphatic rings. The molecule has 8 atom stereocenters. The third-order valence-corrected chi connectivity index (χ3v) is 10.0. The lowest BCUT2D eigenvalue weighted by atomic mass is 9.47. The van der Waals surface area contributed by atoms with E-state index in [0.717, 1.165) is 49.9 Å². The second-order valence-corrected chi connectivity index (χ2v) is 11.3. The fourth-order valence-corrected chi connectivity index (χ4v) is 8.06. The molecule has 166 valence electrons. The smallest absolute Gasteiger partial charge is 0.391 e. The summed E-state index contributed by atoms with van der Waals surface area (Å²) in [5.74, 6) is 1.62. The van der Waals surface area contributed by atoms with E-state index in [-0.39, 0.29) is 17.9 Å². The highest BCUT2D eigenvalue weighted by atomic mass is 19.4. The number of allylic oxidation sites excluding steroid dienone is 1. The molecule has 1 nitrogen and oxygen atoms in total. The number of aliphatic hydroxyl groups is 1. The number of rotatable bonds is 4. The summed E-state index contributed by atoms with van der Waals surface area (Å²) >= 11 is 0. The fraction of sp³-hybridized carbons (Fsp3) is 0.920. The van der Waals surface area contributed by atoms with Crippen molar-refractivity contribution in [2.24, 2.45) is 40.4 Å². The summed E-state index contributed by atoms with van der Waals surface area (Å²) < 4.78 is 38.6. The third-order valence-electron chi connectivity index (χ3n) is 10.0. The van der Waals surface area contributed by atoms with Crippen molar-refractivity contribution in [3.63, 3.8) is 0 Å². The van der Waals surface area contributed by atoms with Crippen LogP contribution in [0.25, 0.3) is 0 Å². The first-order valence-electron chi connectivity index (χ1n) is 12.0. The zero-order chi connectivity index (χ0) is 21.0. The first-order chi connectivity index (χ1) is 13.6. The summed E-state index contributed by atoms with van der Waals surface area (Å²) in [6.45, 7) is 6.25. The number of hydrogen-bond donors (Lipinski definition) is 1. The predicted octanol–water partition coefficient (Wildman–Crippen LogP) is 7.30. The molecule has 0 aromatic carbocycles. The maximum absolute atomic E-state index is 12.9. The molecular weight excluding hydrogens is 373 g/mol. The van der Waals surface area contributed by atoms with Gasteiger partial charge < -0.3 is 5.11 Å². The zero-order valence-electron chi connectivity index (χ0n) is 18.4. The van der Waals surface area contributed by atoms with E-state index >= 15 is 0 Å². The molecule has 29 heavy (non-hydrogen) atoms. The minimum absolute atomic E-state index is 0.158. The van der Waals surface area contributed by atoms with Gasteiger partial charge in [-0.25, -0.2) is 0 Å². The maximum Gasteiger partial charge on any atom is 0.391 e. The quantitative estimate of drug-likeness (QED) is 0.481. The molecule has 7 unspecified atom stereocenters. The Hall–Kier alpha value is -0.510. The molecule has 4 heteroatoms. The Balaban J connectivity index is 1.43. The highest BCUT2D eigenvalue weighted by Gasteiger charge is 2.58. The largest absolute Gasteiger partial charge is 0.393 e. The average molecular weight is 413 g/mol. The Morgan fingerprint density at radius 3 is 2.59 bits per heavy atom. The summed E-state index contributed by atoms with van der Waals surface area (Å²) in [6, 6.07) is 0. The molecule has 0 saturated heterocycles. The highest BCUT2D eigenvalue weighted by Crippen LogP contribution is 2.66. The normalized spacial score (nSPS) is 45.8. The monoisotopic (exact) mass is 412 g/mol. The van der Waals surface area contributed by atoms with Crippen molar-refractivity contribution in [1.29, 1.82) is 0 Å². The Morgan fingerprint density at radius 2 is 1.86 bits per heavy atom. The summed E-state index contributed by atoms with van der Waals surface area (Å²) in [6.07, 6.45) is 9.25. The molecule has 0 radical (unpaired) electrons. The van der Waals surface area contributed by atoms with Crippen LogP contribution >= 0.6 is 0 Å². The third kappa shape index (κ3) is 3.70. The van der Waals surface area contributed by atoms with Crippen LogP contribution in [-0.4, -0.2) is 17.4 Å². The Bertz CT molecular complexity index is 640. The molecule has 0 aromatic heterocycles. The van der Waals surface area contributed by atoms with Crippen molar-refractivity contribution in [3.05, 3.63) is 11.6 Å². The van der Waals surface area contributed by atoms with Gasteiger partial charge in [-0.3, -0.25) is 0 Å². The maximum atomic E-state index is 12.9. The highest BCUT2D eigenvalue weighted by molar-refractivity contribution is 5.25. The van der Waals surface area contributed by atoms with Crippen LogP contribution in [0.4, 0.5) is 13.2 Å². The first-order valence-corrected chi connectivity index (χ1v) is 12.0. The molecule has 0 aromatic rings. The molecule has 0 heterocycles. The van der Waals surface area contributed by atoms with E-state index in [1.165, 1.54) is 38.2 Å². The lowest BCUT2D eigenvalue weighted by Crippen LogP contribution is -2.50. The number of halogens is 3. The van der Waals surface area contributed by atoms with Gasteiger partial charge in [0.05, 0.1) is 12.0 Å². The lowest BCUT2D eigenvalue weighted by Gasteiger charge is -2.58. The van der Waals surface area contributed by atoms with Gasteiger partial charge in [-0.2, -0.15) is 13.2 Å². The average Bonchev–Trinajstić information content (AvgIpc) is 2.98. The lowest BCUT2D eigenvalue weighted by molar-refractivity contribution is -0.171. The SMILES string of the molecule is CC(CCC[C@H]1CCC2C3CC=C4CC(O)CCC4(C)C3CCC21C)C(F)(F)F. The zero-order valence-corrected chi connectivity index (χ0v) is 18.4. The van der Waals surface area contributed by atoms with Crippen LogP contribution in [0.1, 0.15) is 91.4 Å². The number of aliphatic hydroxyl groups excluding tert-OH is 1. The molecular formula is C25H39F3O. The van der Waals surface area contributed by atoms with Crippen LogP contribution in [0, 0.1) is 40.4 Å². The van der Waals surface area contributed by atoms with E-state index in [4.69, 9.17) is 0 Å². The molecule has 0 spiro atoms.